The molecule has 3 rings (SSSR count). The van der Waals surface area contributed by atoms with Crippen LogP contribution in [-0.2, 0) is 6.54 Å². The lowest BCUT2D eigenvalue weighted by Crippen LogP contribution is -2.54. The van der Waals surface area contributed by atoms with Crippen molar-refractivity contribution in [3.8, 4) is 11.8 Å². The van der Waals surface area contributed by atoms with Gasteiger partial charge in [-0.1, -0.05) is 29.8 Å². The number of ether oxygens (including phenoxy) is 1. The predicted octanol–water partition coefficient (Wildman–Crippen LogP) is 2.97. The van der Waals surface area contributed by atoms with Crippen LogP contribution in [0.3, 0.4) is 0 Å². The van der Waals surface area contributed by atoms with E-state index in [2.05, 4.69) is 41.1 Å². The van der Waals surface area contributed by atoms with E-state index in [-0.39, 0.29) is 6.04 Å². The summed E-state index contributed by atoms with van der Waals surface area (Å²) in [6, 6.07) is 12.0. The van der Waals surface area contributed by atoms with Gasteiger partial charge >= 0.3 is 6.09 Å². The van der Waals surface area contributed by atoms with E-state index < -0.39 is 6.09 Å². The van der Waals surface area contributed by atoms with Crippen molar-refractivity contribution in [1.29, 1.82) is 5.26 Å². The number of nitriles is 1. The van der Waals surface area contributed by atoms with Gasteiger partial charge in [-0.3, -0.25) is 9.88 Å². The number of amides is 1. The first-order chi connectivity index (χ1) is 12.5. The molecule has 1 aliphatic heterocycles. The molecule has 1 aromatic carbocycles. The molecule has 1 saturated heterocycles. The largest absolute Gasteiger partial charge is 0.415 e. The number of aryl methyl sites for hydroxylation is 1. The molecule has 0 spiro atoms. The van der Waals surface area contributed by atoms with E-state index >= 15 is 0 Å². The molecule has 1 atom stereocenters. The van der Waals surface area contributed by atoms with Crippen molar-refractivity contribution in [3.05, 3.63) is 59.4 Å². The Bertz CT molecular complexity index is 831. The molecule has 0 saturated carbocycles. The van der Waals surface area contributed by atoms with Crippen molar-refractivity contribution < 1.29 is 9.53 Å². The number of nitrogens with zero attached hydrogens (tertiary/aromatic N) is 4. The van der Waals surface area contributed by atoms with E-state index in [1.165, 1.54) is 29.6 Å². The van der Waals surface area contributed by atoms with Crippen LogP contribution in [0.1, 0.15) is 23.6 Å². The fourth-order valence-electron chi connectivity index (χ4n) is 3.21. The third-order valence-corrected chi connectivity index (χ3v) is 4.48. The lowest BCUT2D eigenvalue weighted by atomic mass is 10.1. The molecule has 1 aromatic heterocycles. The van der Waals surface area contributed by atoms with Gasteiger partial charge in [0.05, 0.1) is 11.8 Å². The summed E-state index contributed by atoms with van der Waals surface area (Å²) in [5.41, 5.74) is 2.91. The molecular formula is C20H22N4O2. The average Bonchev–Trinajstić information content (AvgIpc) is 2.62. The highest BCUT2D eigenvalue weighted by Crippen LogP contribution is 2.17. The summed E-state index contributed by atoms with van der Waals surface area (Å²) in [6.07, 6.45) is 2.48. The van der Waals surface area contributed by atoms with Crippen LogP contribution in [0, 0.1) is 18.3 Å². The number of aromatic nitrogens is 1. The molecule has 0 aliphatic carbocycles. The van der Waals surface area contributed by atoms with Gasteiger partial charge in [-0.05, 0) is 19.4 Å². The molecule has 1 amide bonds. The minimum absolute atomic E-state index is 0.0492. The zero-order valence-electron chi connectivity index (χ0n) is 15.1. The van der Waals surface area contributed by atoms with E-state index in [1.807, 2.05) is 13.0 Å². The Morgan fingerprint density at radius 1 is 1.35 bits per heavy atom. The lowest BCUT2D eigenvalue weighted by Gasteiger charge is -2.39. The van der Waals surface area contributed by atoms with Crippen molar-refractivity contribution in [2.24, 2.45) is 0 Å². The summed E-state index contributed by atoms with van der Waals surface area (Å²) in [4.78, 5) is 20.5. The van der Waals surface area contributed by atoms with Crippen molar-refractivity contribution >= 4 is 6.09 Å². The van der Waals surface area contributed by atoms with Crippen LogP contribution in [0.15, 0.2) is 42.7 Å². The lowest BCUT2D eigenvalue weighted by molar-refractivity contribution is 0.0752. The number of pyridine rings is 1. The topological polar surface area (TPSA) is 69.5 Å². The predicted molar refractivity (Wildman–Crippen MR) is 97.6 cm³/mol. The Balaban J connectivity index is 1.58. The molecule has 26 heavy (non-hydrogen) atoms. The molecule has 2 heterocycles. The van der Waals surface area contributed by atoms with E-state index in [0.29, 0.717) is 17.9 Å². The normalized spacial score (nSPS) is 17.6. The molecule has 1 aliphatic rings. The summed E-state index contributed by atoms with van der Waals surface area (Å²) >= 11 is 0. The molecule has 2 aromatic rings. The molecular weight excluding hydrogens is 328 g/mol. The number of carbonyl (C=O) groups is 1. The highest BCUT2D eigenvalue weighted by atomic mass is 16.6. The first-order valence-electron chi connectivity index (χ1n) is 8.66. The quantitative estimate of drug-likeness (QED) is 0.851. The number of hydrogen-bond donors (Lipinski definition) is 0. The van der Waals surface area contributed by atoms with Crippen LogP contribution in [0.5, 0.6) is 5.75 Å². The monoisotopic (exact) mass is 350 g/mol. The summed E-state index contributed by atoms with van der Waals surface area (Å²) in [7, 11) is 0. The van der Waals surface area contributed by atoms with E-state index in [4.69, 9.17) is 10.00 Å². The molecule has 0 radical (unpaired) electrons. The maximum atomic E-state index is 12.5. The van der Waals surface area contributed by atoms with Gasteiger partial charge in [-0.25, -0.2) is 4.79 Å². The highest BCUT2D eigenvalue weighted by molar-refractivity contribution is 5.71. The summed E-state index contributed by atoms with van der Waals surface area (Å²) in [6.45, 7) is 7.19. The Morgan fingerprint density at radius 3 is 2.92 bits per heavy atom. The second-order valence-electron chi connectivity index (χ2n) is 6.66. The molecule has 1 fully saturated rings. The van der Waals surface area contributed by atoms with Gasteiger partial charge in [0.1, 0.15) is 6.07 Å². The zero-order valence-corrected chi connectivity index (χ0v) is 15.1. The number of benzene rings is 1. The van der Waals surface area contributed by atoms with Gasteiger partial charge in [0.25, 0.3) is 0 Å². The van der Waals surface area contributed by atoms with Gasteiger partial charge < -0.3 is 9.64 Å². The van der Waals surface area contributed by atoms with Crippen molar-refractivity contribution in [3.63, 3.8) is 0 Å². The fraction of sp³-hybridized carbons (Fsp3) is 0.350. The maximum absolute atomic E-state index is 12.5. The Kier molecular flexibility index (Phi) is 5.49. The van der Waals surface area contributed by atoms with Gasteiger partial charge in [-0.15, -0.1) is 0 Å². The van der Waals surface area contributed by atoms with Crippen LogP contribution in [0.4, 0.5) is 4.79 Å². The van der Waals surface area contributed by atoms with Crippen LogP contribution in [-0.4, -0.2) is 46.6 Å². The Labute approximate surface area is 153 Å². The molecule has 6 nitrogen and oxygen atoms in total. The second kappa shape index (κ2) is 7.98. The summed E-state index contributed by atoms with van der Waals surface area (Å²) in [5, 5.41) is 8.91. The average molecular weight is 350 g/mol. The number of rotatable bonds is 3. The van der Waals surface area contributed by atoms with Crippen molar-refractivity contribution in [2.75, 3.05) is 19.6 Å². The summed E-state index contributed by atoms with van der Waals surface area (Å²) in [5.74, 6) is 0.295. The SMILES string of the molecule is Cc1cccc(CN2CCN(C(=O)Oc3cncc(C#N)c3)[C@H](C)C2)c1. The first kappa shape index (κ1) is 17.9. The number of hydrogen-bond acceptors (Lipinski definition) is 5. The zero-order chi connectivity index (χ0) is 18.5. The molecule has 0 bridgehead atoms. The first-order valence-corrected chi connectivity index (χ1v) is 8.66. The maximum Gasteiger partial charge on any atom is 0.415 e. The van der Waals surface area contributed by atoms with Gasteiger partial charge in [0.2, 0.25) is 0 Å². The minimum Gasteiger partial charge on any atom is -0.408 e. The van der Waals surface area contributed by atoms with E-state index in [9.17, 15) is 4.79 Å². The molecule has 134 valence electrons. The molecule has 6 heteroatoms. The van der Waals surface area contributed by atoms with Gasteiger partial charge in [-0.2, -0.15) is 5.26 Å². The van der Waals surface area contributed by atoms with Crippen LogP contribution in [0.25, 0.3) is 0 Å². The van der Waals surface area contributed by atoms with E-state index in [1.54, 1.807) is 4.90 Å². The highest BCUT2D eigenvalue weighted by Gasteiger charge is 2.28. The van der Waals surface area contributed by atoms with Crippen LogP contribution >= 0.6 is 0 Å². The second-order valence-corrected chi connectivity index (χ2v) is 6.66. The number of piperazine rings is 1. The van der Waals surface area contributed by atoms with Crippen LogP contribution in [0.2, 0.25) is 0 Å². The standard InChI is InChI=1S/C20H22N4O2/c1-15-4-3-5-17(8-15)14-23-6-7-24(16(2)13-23)20(25)26-19-9-18(10-21)11-22-12-19/h3-5,8-9,11-12,16H,6-7,13-14H2,1-2H3/t16-/m1/s1. The number of carbonyl (C=O) groups excluding carboxylic acids is 1. The third-order valence-electron chi connectivity index (χ3n) is 4.48. The molecule has 0 unspecified atom stereocenters. The van der Waals surface area contributed by atoms with Crippen molar-refractivity contribution in [2.45, 2.75) is 26.4 Å². The molecule has 0 N–H and O–H groups in total. The van der Waals surface area contributed by atoms with Gasteiger partial charge in [0.15, 0.2) is 5.75 Å². The summed E-state index contributed by atoms with van der Waals surface area (Å²) < 4.78 is 5.39. The van der Waals surface area contributed by atoms with E-state index in [0.717, 1.165) is 19.6 Å². The Morgan fingerprint density at radius 2 is 2.19 bits per heavy atom. The van der Waals surface area contributed by atoms with Crippen LogP contribution < -0.4 is 4.74 Å². The van der Waals surface area contributed by atoms with Crippen molar-refractivity contribution in [1.82, 2.24) is 14.8 Å². The smallest absolute Gasteiger partial charge is 0.408 e. The van der Waals surface area contributed by atoms with Gasteiger partial charge in [0, 0.05) is 44.5 Å². The Hall–Kier alpha value is -2.91. The third kappa shape index (κ3) is 4.38. The minimum atomic E-state index is -0.399. The fourth-order valence-corrected chi connectivity index (χ4v) is 3.21.